The van der Waals surface area contributed by atoms with Crippen LogP contribution < -0.4 is 21.3 Å². The fourth-order valence-corrected chi connectivity index (χ4v) is 10.6. The second-order valence-electron chi connectivity index (χ2n) is 15.6. The summed E-state index contributed by atoms with van der Waals surface area (Å²) < 4.78 is 9.16. The van der Waals surface area contributed by atoms with E-state index < -0.39 is 5.41 Å². The number of nitrogens with zero attached hydrogens (tertiary/aromatic N) is 2. The second kappa shape index (κ2) is 11.1. The third kappa shape index (κ3) is 3.93. The number of rotatable bonds is 3. The zero-order chi connectivity index (χ0) is 35.5. The maximum atomic E-state index is 6.54. The molecule has 12 rings (SSSR count). The lowest BCUT2D eigenvalue weighted by Gasteiger charge is -2.47. The molecule has 1 aliphatic carbocycles. The van der Waals surface area contributed by atoms with Gasteiger partial charge in [-0.25, -0.2) is 0 Å². The van der Waals surface area contributed by atoms with Crippen molar-refractivity contribution in [3.63, 3.8) is 0 Å². The van der Waals surface area contributed by atoms with Crippen molar-refractivity contribution in [2.24, 2.45) is 0 Å². The van der Waals surface area contributed by atoms with Crippen molar-refractivity contribution in [3.05, 3.63) is 186 Å². The largest absolute Gasteiger partial charge is 0.456 e. The van der Waals surface area contributed by atoms with E-state index in [1.54, 1.807) is 0 Å². The van der Waals surface area contributed by atoms with Gasteiger partial charge in [0, 0.05) is 38.9 Å². The van der Waals surface area contributed by atoms with Crippen LogP contribution in [0, 0.1) is 0 Å². The molecule has 0 saturated carbocycles. The van der Waals surface area contributed by atoms with Crippen LogP contribution in [0.25, 0.3) is 38.5 Å². The van der Waals surface area contributed by atoms with Gasteiger partial charge >= 0.3 is 0 Å². The van der Waals surface area contributed by atoms with Crippen LogP contribution in [0.5, 0.6) is 0 Å². The molecular formula is C50H37BN2O. The first kappa shape index (κ1) is 30.2. The fraction of sp³-hybridized carbons (Fsp3) is 0.120. The topological polar surface area (TPSA) is 21.3 Å². The molecule has 9 aromatic rings. The molecule has 0 bridgehead atoms. The molecule has 0 amide bonds. The Kier molecular flexibility index (Phi) is 6.23. The number of aromatic nitrogens is 1. The molecule has 256 valence electrons. The first-order chi connectivity index (χ1) is 26.7. The third-order valence-corrected chi connectivity index (χ3v) is 12.9. The molecule has 3 nitrogen and oxygen atoms in total. The first-order valence-corrected chi connectivity index (χ1v) is 19.4. The van der Waals surface area contributed by atoms with Gasteiger partial charge in [0.15, 0.2) is 0 Å². The van der Waals surface area contributed by atoms with Crippen LogP contribution in [-0.2, 0) is 18.3 Å². The Morgan fingerprint density at radius 2 is 1.28 bits per heavy atom. The zero-order valence-electron chi connectivity index (χ0n) is 30.2. The first-order valence-electron chi connectivity index (χ1n) is 19.4. The highest BCUT2D eigenvalue weighted by Gasteiger charge is 2.49. The van der Waals surface area contributed by atoms with Crippen molar-refractivity contribution >= 4 is 73.0 Å². The molecule has 0 fully saturated rings. The molecule has 2 aliphatic heterocycles. The minimum atomic E-state index is -0.399. The highest BCUT2D eigenvalue weighted by molar-refractivity contribution is 6.99. The Morgan fingerprint density at radius 1 is 0.574 bits per heavy atom. The van der Waals surface area contributed by atoms with Gasteiger partial charge in [0.2, 0.25) is 6.71 Å². The molecule has 2 aromatic heterocycles. The second-order valence-corrected chi connectivity index (χ2v) is 15.6. The lowest BCUT2D eigenvalue weighted by atomic mass is 9.29. The number of hydrogen-bond donors (Lipinski definition) is 0. The Labute approximate surface area is 315 Å². The van der Waals surface area contributed by atoms with E-state index >= 15 is 0 Å². The van der Waals surface area contributed by atoms with E-state index in [-0.39, 0.29) is 6.71 Å². The van der Waals surface area contributed by atoms with Crippen LogP contribution in [0.15, 0.2) is 162 Å². The zero-order valence-corrected chi connectivity index (χ0v) is 30.2. The van der Waals surface area contributed by atoms with E-state index in [1.807, 2.05) is 0 Å². The maximum Gasteiger partial charge on any atom is 0.247 e. The van der Waals surface area contributed by atoms with Crippen molar-refractivity contribution in [1.82, 2.24) is 4.57 Å². The van der Waals surface area contributed by atoms with Crippen LogP contribution in [0.1, 0.15) is 47.7 Å². The minimum Gasteiger partial charge on any atom is -0.456 e. The Morgan fingerprint density at radius 3 is 2.19 bits per heavy atom. The molecule has 1 atom stereocenters. The molecule has 0 N–H and O–H groups in total. The van der Waals surface area contributed by atoms with E-state index in [0.29, 0.717) is 0 Å². The number of anilines is 3. The monoisotopic (exact) mass is 692 g/mol. The third-order valence-electron chi connectivity index (χ3n) is 12.9. The van der Waals surface area contributed by atoms with Crippen molar-refractivity contribution in [1.29, 1.82) is 0 Å². The van der Waals surface area contributed by atoms with E-state index in [4.69, 9.17) is 4.42 Å². The van der Waals surface area contributed by atoms with Gasteiger partial charge < -0.3 is 13.9 Å². The molecule has 4 heteroatoms. The summed E-state index contributed by atoms with van der Waals surface area (Å²) in [6.45, 7) is 2.55. The Balaban J connectivity index is 1.26. The molecule has 0 saturated heterocycles. The van der Waals surface area contributed by atoms with Crippen LogP contribution in [0.4, 0.5) is 17.1 Å². The molecule has 1 unspecified atom stereocenters. The van der Waals surface area contributed by atoms with Gasteiger partial charge in [0.05, 0.1) is 16.6 Å². The number of furan rings is 1. The average Bonchev–Trinajstić information content (AvgIpc) is 3.79. The lowest BCUT2D eigenvalue weighted by molar-refractivity contribution is 0.665. The van der Waals surface area contributed by atoms with Gasteiger partial charge in [-0.3, -0.25) is 0 Å². The quantitative estimate of drug-likeness (QED) is 0.172. The Bertz CT molecular complexity index is 2990. The predicted octanol–water partition coefficient (Wildman–Crippen LogP) is 10.4. The van der Waals surface area contributed by atoms with E-state index in [1.165, 1.54) is 85.1 Å². The summed E-state index contributed by atoms with van der Waals surface area (Å²) in [6.07, 6.45) is 4.68. The lowest BCUT2D eigenvalue weighted by Crippen LogP contribution is -2.64. The number of para-hydroxylation sites is 3. The van der Waals surface area contributed by atoms with Crippen molar-refractivity contribution in [2.75, 3.05) is 4.90 Å². The van der Waals surface area contributed by atoms with Gasteiger partial charge in [0.25, 0.3) is 0 Å². The molecule has 4 heterocycles. The summed E-state index contributed by atoms with van der Waals surface area (Å²) >= 11 is 0. The van der Waals surface area contributed by atoms with E-state index in [9.17, 15) is 0 Å². The SMILES string of the molecule is CC1(c2ccccc2)c2ccccc2B2c3ccccc3N(c3cccc4oc5ccccc5c34)c3cc(-n4c5c(c6ccccc64)CCCC5)cc1c32. The number of hydrogen-bond acceptors (Lipinski definition) is 2. The van der Waals surface area contributed by atoms with Gasteiger partial charge in [-0.1, -0.05) is 121 Å². The van der Waals surface area contributed by atoms with Gasteiger partial charge in [-0.05, 0) is 108 Å². The van der Waals surface area contributed by atoms with E-state index in [2.05, 4.69) is 174 Å². The maximum absolute atomic E-state index is 6.54. The van der Waals surface area contributed by atoms with Gasteiger partial charge in [-0.15, -0.1) is 0 Å². The van der Waals surface area contributed by atoms with E-state index in [0.717, 1.165) is 40.5 Å². The van der Waals surface area contributed by atoms with Crippen molar-refractivity contribution < 1.29 is 4.42 Å². The number of aryl methyl sites for hydroxylation is 1. The minimum absolute atomic E-state index is 0.0834. The number of fused-ring (bicyclic) bond motifs is 10. The summed E-state index contributed by atoms with van der Waals surface area (Å²) in [7, 11) is 0. The van der Waals surface area contributed by atoms with Crippen LogP contribution >= 0.6 is 0 Å². The number of benzene rings is 7. The van der Waals surface area contributed by atoms with Gasteiger partial charge in [-0.2, -0.15) is 0 Å². The summed E-state index contributed by atoms with van der Waals surface area (Å²) in [5.41, 5.74) is 18.7. The molecule has 7 aromatic carbocycles. The Hall–Kier alpha value is -6.26. The predicted molar refractivity (Wildman–Crippen MR) is 225 cm³/mol. The summed E-state index contributed by atoms with van der Waals surface area (Å²) in [6, 6.07) is 58.8. The molecule has 0 radical (unpaired) electrons. The summed E-state index contributed by atoms with van der Waals surface area (Å²) in [4.78, 5) is 2.57. The van der Waals surface area contributed by atoms with Crippen LogP contribution in [0.2, 0.25) is 0 Å². The summed E-state index contributed by atoms with van der Waals surface area (Å²) in [5, 5.41) is 3.67. The fourth-order valence-electron chi connectivity index (χ4n) is 10.6. The highest BCUT2D eigenvalue weighted by atomic mass is 16.3. The molecule has 3 aliphatic rings. The van der Waals surface area contributed by atoms with Crippen molar-refractivity contribution in [2.45, 2.75) is 38.0 Å². The summed E-state index contributed by atoms with van der Waals surface area (Å²) in [5.74, 6) is 0. The average molecular weight is 693 g/mol. The molecule has 0 spiro atoms. The normalized spacial score (nSPS) is 17.1. The molecule has 54 heavy (non-hydrogen) atoms. The van der Waals surface area contributed by atoms with Crippen molar-refractivity contribution in [3.8, 4) is 5.69 Å². The highest BCUT2D eigenvalue weighted by Crippen LogP contribution is 2.49. The standard InChI is InChI=1S/C50H37BN2O/c1-50(32-16-3-2-4-17-32)37-21-8-9-22-39(37)51-40-23-10-13-26-43(40)53(44-27-15-29-47-48(44)36-20-7-14-28-46(36)54-47)45-31-33(30-38(50)49(45)51)52-41-24-11-5-18-34(41)35-19-6-12-25-42(35)52/h2-5,7-11,13-18,20-24,26-31H,6,12,19,25H2,1H3. The van der Waals surface area contributed by atoms with Crippen LogP contribution in [0.3, 0.4) is 0 Å². The molecular weight excluding hydrogens is 655 g/mol. The smallest absolute Gasteiger partial charge is 0.247 e. The van der Waals surface area contributed by atoms with Gasteiger partial charge in [0.1, 0.15) is 11.2 Å². The van der Waals surface area contributed by atoms with Crippen LogP contribution in [-0.4, -0.2) is 11.3 Å².